The van der Waals surface area contributed by atoms with Crippen molar-refractivity contribution in [3.05, 3.63) is 76.7 Å². The van der Waals surface area contributed by atoms with Crippen LogP contribution in [0, 0.1) is 20.8 Å². The highest BCUT2D eigenvalue weighted by atomic mass is 16.5. The second-order valence-electron chi connectivity index (χ2n) is 6.58. The van der Waals surface area contributed by atoms with Crippen LogP contribution in [0.15, 0.2) is 48.5 Å². The summed E-state index contributed by atoms with van der Waals surface area (Å²) in [4.78, 5) is 32.8. The molecule has 7 nitrogen and oxygen atoms in total. The summed E-state index contributed by atoms with van der Waals surface area (Å²) in [5.41, 5.74) is 4.28. The molecular weight excluding hydrogens is 368 g/mol. The molecule has 0 saturated carbocycles. The maximum absolute atomic E-state index is 12.7. The summed E-state index contributed by atoms with van der Waals surface area (Å²) < 4.78 is 4.69. The highest BCUT2D eigenvalue weighted by Crippen LogP contribution is 2.20. The third-order valence-corrected chi connectivity index (χ3v) is 4.50. The van der Waals surface area contributed by atoms with E-state index in [-0.39, 0.29) is 11.6 Å². The molecule has 1 amide bonds. The third kappa shape index (κ3) is 4.76. The molecule has 0 aliphatic heterocycles. The van der Waals surface area contributed by atoms with Crippen LogP contribution in [0.3, 0.4) is 0 Å². The molecule has 1 heterocycles. The Balaban J connectivity index is 1.79. The summed E-state index contributed by atoms with van der Waals surface area (Å²) in [6.45, 7) is 5.68. The number of aryl methyl sites for hydroxylation is 2. The van der Waals surface area contributed by atoms with Crippen LogP contribution >= 0.6 is 0 Å². The maximum atomic E-state index is 12.7. The van der Waals surface area contributed by atoms with Gasteiger partial charge in [0.2, 0.25) is 0 Å². The fourth-order valence-corrected chi connectivity index (χ4v) is 2.78. The number of benzene rings is 2. The molecule has 0 unspecified atom stereocenters. The van der Waals surface area contributed by atoms with E-state index in [0.29, 0.717) is 17.2 Å². The summed E-state index contributed by atoms with van der Waals surface area (Å²) in [6, 6.07) is 14.1. The number of hydrogen-bond donors (Lipinski definition) is 2. The molecule has 0 fully saturated rings. The Morgan fingerprint density at radius 3 is 2.38 bits per heavy atom. The van der Waals surface area contributed by atoms with Crippen LogP contribution in [0.2, 0.25) is 0 Å². The topological polar surface area (TPSA) is 93.2 Å². The van der Waals surface area contributed by atoms with Gasteiger partial charge in [0.25, 0.3) is 5.91 Å². The van der Waals surface area contributed by atoms with Gasteiger partial charge >= 0.3 is 5.97 Å². The molecule has 1 aromatic heterocycles. The number of anilines is 3. The predicted molar refractivity (Wildman–Crippen MR) is 112 cm³/mol. The van der Waals surface area contributed by atoms with Gasteiger partial charge in [0, 0.05) is 17.4 Å². The van der Waals surface area contributed by atoms with Crippen molar-refractivity contribution in [2.45, 2.75) is 20.8 Å². The van der Waals surface area contributed by atoms with Crippen LogP contribution in [0.25, 0.3) is 0 Å². The van der Waals surface area contributed by atoms with Gasteiger partial charge in [-0.3, -0.25) is 4.79 Å². The van der Waals surface area contributed by atoms with Crippen molar-refractivity contribution in [3.8, 4) is 0 Å². The fraction of sp³-hybridized carbons (Fsp3) is 0.182. The molecule has 29 heavy (non-hydrogen) atoms. The number of methoxy groups -OCH3 is 1. The van der Waals surface area contributed by atoms with E-state index in [9.17, 15) is 9.59 Å². The Bertz CT molecular complexity index is 1060. The van der Waals surface area contributed by atoms with Crippen LogP contribution in [0.4, 0.5) is 17.2 Å². The Labute approximate surface area is 169 Å². The molecule has 2 N–H and O–H groups in total. The number of carbonyl (C=O) groups is 2. The van der Waals surface area contributed by atoms with Gasteiger partial charge in [-0.2, -0.15) is 0 Å². The van der Waals surface area contributed by atoms with E-state index in [1.807, 2.05) is 32.0 Å². The zero-order chi connectivity index (χ0) is 21.0. The lowest BCUT2D eigenvalue weighted by molar-refractivity contribution is 0.0600. The van der Waals surface area contributed by atoms with Gasteiger partial charge in [-0.1, -0.05) is 12.1 Å². The average Bonchev–Trinajstić information content (AvgIpc) is 2.71. The minimum atomic E-state index is -0.403. The molecule has 0 aliphatic carbocycles. The monoisotopic (exact) mass is 390 g/mol. The molecule has 7 heteroatoms. The molecular formula is C22H22N4O3. The Morgan fingerprint density at radius 1 is 0.966 bits per heavy atom. The van der Waals surface area contributed by atoms with Gasteiger partial charge in [0.05, 0.1) is 12.7 Å². The highest BCUT2D eigenvalue weighted by molar-refractivity contribution is 6.03. The molecule has 3 aromatic rings. The normalized spacial score (nSPS) is 10.3. The second-order valence-corrected chi connectivity index (χ2v) is 6.58. The van der Waals surface area contributed by atoms with Crippen molar-refractivity contribution >= 4 is 29.1 Å². The Morgan fingerprint density at radius 2 is 1.69 bits per heavy atom. The van der Waals surface area contributed by atoms with Crippen molar-refractivity contribution < 1.29 is 14.3 Å². The molecule has 148 valence electrons. The van der Waals surface area contributed by atoms with Gasteiger partial charge in [0.15, 0.2) is 0 Å². The number of rotatable bonds is 5. The smallest absolute Gasteiger partial charge is 0.337 e. The van der Waals surface area contributed by atoms with E-state index in [1.54, 1.807) is 37.3 Å². The van der Waals surface area contributed by atoms with Gasteiger partial charge in [-0.05, 0) is 62.2 Å². The number of hydrogen-bond acceptors (Lipinski definition) is 6. The van der Waals surface area contributed by atoms with E-state index >= 15 is 0 Å². The summed E-state index contributed by atoms with van der Waals surface area (Å²) in [5.74, 6) is 0.231. The lowest BCUT2D eigenvalue weighted by Gasteiger charge is -2.12. The number of esters is 1. The van der Waals surface area contributed by atoms with E-state index < -0.39 is 5.97 Å². The predicted octanol–water partition coefficient (Wildman–Crippen LogP) is 4.18. The molecule has 0 aliphatic rings. The van der Waals surface area contributed by atoms with Crippen LogP contribution in [-0.4, -0.2) is 29.0 Å². The van der Waals surface area contributed by atoms with E-state index in [1.165, 1.54) is 7.11 Å². The zero-order valence-electron chi connectivity index (χ0n) is 16.7. The molecule has 0 atom stereocenters. The lowest BCUT2D eigenvalue weighted by Crippen LogP contribution is -2.16. The molecule has 0 bridgehead atoms. The van der Waals surface area contributed by atoms with Crippen molar-refractivity contribution in [2.75, 3.05) is 17.7 Å². The minimum absolute atomic E-state index is 0.257. The maximum Gasteiger partial charge on any atom is 0.337 e. The zero-order valence-corrected chi connectivity index (χ0v) is 16.7. The number of nitrogens with one attached hydrogen (secondary N) is 2. The fourth-order valence-electron chi connectivity index (χ4n) is 2.78. The molecule has 2 aromatic carbocycles. The summed E-state index contributed by atoms with van der Waals surface area (Å²) in [5, 5.41) is 6.03. The largest absolute Gasteiger partial charge is 0.465 e. The second kappa shape index (κ2) is 8.52. The molecule has 0 spiro atoms. The van der Waals surface area contributed by atoms with Gasteiger partial charge in [0.1, 0.15) is 17.3 Å². The van der Waals surface area contributed by atoms with Crippen LogP contribution in [-0.2, 0) is 4.74 Å². The van der Waals surface area contributed by atoms with Crippen LogP contribution < -0.4 is 10.6 Å². The Kier molecular flexibility index (Phi) is 5.87. The first-order valence-corrected chi connectivity index (χ1v) is 9.06. The van der Waals surface area contributed by atoms with E-state index in [0.717, 1.165) is 22.5 Å². The van der Waals surface area contributed by atoms with Crippen molar-refractivity contribution in [1.82, 2.24) is 9.97 Å². The number of ether oxygens (including phenoxy) is 1. The third-order valence-electron chi connectivity index (χ3n) is 4.50. The number of amides is 1. The summed E-state index contributed by atoms with van der Waals surface area (Å²) >= 11 is 0. The van der Waals surface area contributed by atoms with E-state index in [4.69, 9.17) is 4.74 Å². The van der Waals surface area contributed by atoms with Crippen molar-refractivity contribution in [3.63, 3.8) is 0 Å². The van der Waals surface area contributed by atoms with Gasteiger partial charge in [-0.15, -0.1) is 0 Å². The summed E-state index contributed by atoms with van der Waals surface area (Å²) in [6.07, 6.45) is 0. The summed E-state index contributed by atoms with van der Waals surface area (Å²) in [7, 11) is 1.34. The first kappa shape index (κ1) is 20.0. The quantitative estimate of drug-likeness (QED) is 0.635. The molecule has 0 saturated heterocycles. The van der Waals surface area contributed by atoms with Gasteiger partial charge in [-0.25, -0.2) is 14.8 Å². The van der Waals surface area contributed by atoms with Gasteiger partial charge < -0.3 is 15.4 Å². The molecule has 3 rings (SSSR count). The van der Waals surface area contributed by atoms with Crippen LogP contribution in [0.1, 0.15) is 37.8 Å². The average molecular weight is 390 g/mol. The SMILES string of the molecule is COC(=O)c1ccc(Nc2cc(C(=O)Nc3cccc(C)c3C)nc(C)n2)cc1. The highest BCUT2D eigenvalue weighted by Gasteiger charge is 2.13. The Hall–Kier alpha value is -3.74. The first-order chi connectivity index (χ1) is 13.9. The van der Waals surface area contributed by atoms with Crippen LogP contribution in [0.5, 0.6) is 0 Å². The standard InChI is InChI=1S/C22H22N4O3/c1-13-6-5-7-18(14(13)2)26-21(27)19-12-20(24-15(3)23-19)25-17-10-8-16(9-11-17)22(28)29-4/h5-12H,1-4H3,(H,26,27)(H,23,24,25). The van der Waals surface area contributed by atoms with E-state index in [2.05, 4.69) is 20.6 Å². The number of carbonyl (C=O) groups excluding carboxylic acids is 2. The number of nitrogens with zero attached hydrogens (tertiary/aromatic N) is 2. The van der Waals surface area contributed by atoms with Crippen molar-refractivity contribution in [2.24, 2.45) is 0 Å². The minimum Gasteiger partial charge on any atom is -0.465 e. The van der Waals surface area contributed by atoms with Crippen molar-refractivity contribution in [1.29, 1.82) is 0 Å². The molecule has 0 radical (unpaired) electrons. The first-order valence-electron chi connectivity index (χ1n) is 9.06. The lowest BCUT2D eigenvalue weighted by atomic mass is 10.1. The number of aromatic nitrogens is 2.